The Hall–Kier alpha value is -3.03. The van der Waals surface area contributed by atoms with E-state index >= 15 is 0 Å². The van der Waals surface area contributed by atoms with E-state index < -0.39 is 11.9 Å². The standard InChI is InChI=1S/C20H23N5O3/c1-11(2)25-17-13(9-22-25)8-14(10-21-17)23-18(26)12(3)24-19(27)15-6-4-5-7-16(15)20(24)28/h4-5,8-12,15-16H,6-7H2,1-3H3,(H,23,26)/t12-,15+,16+/m1/s1. The summed E-state index contributed by atoms with van der Waals surface area (Å²) in [6.07, 6.45) is 8.23. The molecule has 0 bridgehead atoms. The minimum atomic E-state index is -0.875. The molecule has 4 rings (SSSR count). The highest BCUT2D eigenvalue weighted by molar-refractivity contribution is 6.10. The molecule has 3 atom stereocenters. The second-order valence-corrected chi connectivity index (χ2v) is 7.69. The van der Waals surface area contributed by atoms with Crippen LogP contribution in [0.5, 0.6) is 0 Å². The molecule has 1 N–H and O–H groups in total. The number of nitrogens with one attached hydrogen (secondary N) is 1. The number of carbonyl (C=O) groups excluding carboxylic acids is 3. The summed E-state index contributed by atoms with van der Waals surface area (Å²) in [5.41, 5.74) is 1.24. The summed E-state index contributed by atoms with van der Waals surface area (Å²) in [5, 5.41) is 7.89. The number of hydrogen-bond acceptors (Lipinski definition) is 5. The molecule has 2 aromatic heterocycles. The number of anilines is 1. The van der Waals surface area contributed by atoms with Gasteiger partial charge in [-0.15, -0.1) is 0 Å². The van der Waals surface area contributed by atoms with Gasteiger partial charge in [-0.1, -0.05) is 12.2 Å². The molecule has 146 valence electrons. The van der Waals surface area contributed by atoms with E-state index in [2.05, 4.69) is 15.4 Å². The summed E-state index contributed by atoms with van der Waals surface area (Å²) in [4.78, 5) is 43.6. The molecular formula is C20H23N5O3. The lowest BCUT2D eigenvalue weighted by atomic mass is 9.85. The molecule has 0 saturated carbocycles. The molecule has 28 heavy (non-hydrogen) atoms. The molecule has 8 nitrogen and oxygen atoms in total. The number of allylic oxidation sites excluding steroid dienone is 2. The Kier molecular flexibility index (Phi) is 4.49. The maximum atomic E-state index is 12.7. The van der Waals surface area contributed by atoms with Crippen molar-refractivity contribution in [1.82, 2.24) is 19.7 Å². The third-order valence-electron chi connectivity index (χ3n) is 5.50. The van der Waals surface area contributed by atoms with Crippen LogP contribution in [0.15, 0.2) is 30.6 Å². The van der Waals surface area contributed by atoms with E-state index in [-0.39, 0.29) is 29.7 Å². The normalized spacial score (nSPS) is 22.8. The van der Waals surface area contributed by atoms with Crippen LogP contribution in [-0.2, 0) is 14.4 Å². The molecule has 0 aromatic carbocycles. The van der Waals surface area contributed by atoms with Gasteiger partial charge in [0.05, 0.1) is 29.9 Å². The number of pyridine rings is 1. The number of nitrogens with zero attached hydrogens (tertiary/aromatic N) is 4. The van der Waals surface area contributed by atoms with Crippen LogP contribution in [-0.4, -0.2) is 43.4 Å². The Morgan fingerprint density at radius 3 is 2.36 bits per heavy atom. The van der Waals surface area contributed by atoms with Gasteiger partial charge in [0.1, 0.15) is 6.04 Å². The molecule has 3 heterocycles. The lowest BCUT2D eigenvalue weighted by molar-refractivity contribution is -0.146. The van der Waals surface area contributed by atoms with Gasteiger partial charge in [0, 0.05) is 11.4 Å². The van der Waals surface area contributed by atoms with E-state index in [1.165, 1.54) is 0 Å². The van der Waals surface area contributed by atoms with Crippen LogP contribution in [0.1, 0.15) is 39.7 Å². The van der Waals surface area contributed by atoms with Crippen molar-refractivity contribution in [3.8, 4) is 0 Å². The fourth-order valence-electron chi connectivity index (χ4n) is 3.96. The fraction of sp³-hybridized carbons (Fsp3) is 0.450. The van der Waals surface area contributed by atoms with Crippen molar-refractivity contribution in [3.63, 3.8) is 0 Å². The van der Waals surface area contributed by atoms with Gasteiger partial charge in [0.25, 0.3) is 0 Å². The Morgan fingerprint density at radius 2 is 1.75 bits per heavy atom. The molecule has 3 amide bonds. The van der Waals surface area contributed by atoms with Crippen LogP contribution in [0, 0.1) is 11.8 Å². The number of rotatable bonds is 4. The van der Waals surface area contributed by atoms with Gasteiger partial charge < -0.3 is 5.32 Å². The number of hydrogen-bond donors (Lipinski definition) is 1. The Bertz CT molecular complexity index is 967. The van der Waals surface area contributed by atoms with Gasteiger partial charge in [0.15, 0.2) is 5.65 Å². The smallest absolute Gasteiger partial charge is 0.247 e. The van der Waals surface area contributed by atoms with Crippen LogP contribution in [0.4, 0.5) is 5.69 Å². The number of imide groups is 1. The first-order chi connectivity index (χ1) is 13.4. The molecule has 1 aliphatic heterocycles. The molecule has 0 unspecified atom stereocenters. The van der Waals surface area contributed by atoms with Gasteiger partial charge in [0.2, 0.25) is 17.7 Å². The second-order valence-electron chi connectivity index (χ2n) is 7.69. The predicted octanol–water partition coefficient (Wildman–Crippen LogP) is 2.29. The lowest BCUT2D eigenvalue weighted by Gasteiger charge is -2.22. The van der Waals surface area contributed by atoms with E-state index in [9.17, 15) is 14.4 Å². The topological polar surface area (TPSA) is 97.2 Å². The molecule has 0 spiro atoms. The zero-order valence-electron chi connectivity index (χ0n) is 16.1. The highest BCUT2D eigenvalue weighted by Gasteiger charge is 2.50. The van der Waals surface area contributed by atoms with Crippen molar-refractivity contribution in [2.24, 2.45) is 11.8 Å². The molecule has 0 radical (unpaired) electrons. The van der Waals surface area contributed by atoms with E-state index in [1.54, 1.807) is 30.1 Å². The number of amides is 3. The summed E-state index contributed by atoms with van der Waals surface area (Å²) in [6, 6.07) is 1.09. The first-order valence-corrected chi connectivity index (χ1v) is 9.54. The van der Waals surface area contributed by atoms with Crippen LogP contribution in [0.2, 0.25) is 0 Å². The maximum Gasteiger partial charge on any atom is 0.247 e. The zero-order chi connectivity index (χ0) is 20.0. The third kappa shape index (κ3) is 2.89. The van der Waals surface area contributed by atoms with Crippen LogP contribution in [0.25, 0.3) is 11.0 Å². The zero-order valence-corrected chi connectivity index (χ0v) is 16.1. The van der Waals surface area contributed by atoms with E-state index in [1.807, 2.05) is 26.0 Å². The van der Waals surface area contributed by atoms with Crippen LogP contribution < -0.4 is 5.32 Å². The minimum absolute atomic E-state index is 0.177. The summed E-state index contributed by atoms with van der Waals surface area (Å²) >= 11 is 0. The van der Waals surface area contributed by atoms with Crippen molar-refractivity contribution < 1.29 is 14.4 Å². The van der Waals surface area contributed by atoms with Gasteiger partial charge in [-0.3, -0.25) is 19.3 Å². The van der Waals surface area contributed by atoms with Crippen molar-refractivity contribution in [2.45, 2.75) is 45.7 Å². The van der Waals surface area contributed by atoms with E-state index in [0.29, 0.717) is 18.5 Å². The highest BCUT2D eigenvalue weighted by Crippen LogP contribution is 2.36. The Balaban J connectivity index is 1.51. The van der Waals surface area contributed by atoms with Crippen LogP contribution >= 0.6 is 0 Å². The number of carbonyl (C=O) groups is 3. The van der Waals surface area contributed by atoms with Gasteiger partial charge >= 0.3 is 0 Å². The summed E-state index contributed by atoms with van der Waals surface area (Å²) < 4.78 is 1.81. The molecule has 1 aliphatic carbocycles. The molecule has 1 fully saturated rings. The van der Waals surface area contributed by atoms with Crippen LogP contribution in [0.3, 0.4) is 0 Å². The fourth-order valence-corrected chi connectivity index (χ4v) is 3.96. The van der Waals surface area contributed by atoms with Crippen molar-refractivity contribution in [2.75, 3.05) is 5.32 Å². The summed E-state index contributed by atoms with van der Waals surface area (Å²) in [6.45, 7) is 5.62. The molecule has 2 aromatic rings. The quantitative estimate of drug-likeness (QED) is 0.647. The summed E-state index contributed by atoms with van der Waals surface area (Å²) in [5.74, 6) is -1.60. The average molecular weight is 381 g/mol. The number of likely N-dealkylation sites (tertiary alicyclic amines) is 1. The average Bonchev–Trinajstić information content (AvgIpc) is 3.21. The van der Waals surface area contributed by atoms with Crippen molar-refractivity contribution in [3.05, 3.63) is 30.6 Å². The largest absolute Gasteiger partial charge is 0.323 e. The minimum Gasteiger partial charge on any atom is -0.323 e. The second kappa shape index (κ2) is 6.85. The molecule has 1 saturated heterocycles. The van der Waals surface area contributed by atoms with Gasteiger partial charge in [-0.05, 0) is 39.7 Å². The first kappa shape index (κ1) is 18.3. The van der Waals surface area contributed by atoms with Gasteiger partial charge in [-0.25, -0.2) is 9.67 Å². The third-order valence-corrected chi connectivity index (χ3v) is 5.50. The van der Waals surface area contributed by atoms with Gasteiger partial charge in [-0.2, -0.15) is 5.10 Å². The molecule has 2 aliphatic rings. The molecular weight excluding hydrogens is 358 g/mol. The first-order valence-electron chi connectivity index (χ1n) is 9.54. The lowest BCUT2D eigenvalue weighted by Crippen LogP contribution is -2.46. The van der Waals surface area contributed by atoms with Crippen molar-refractivity contribution >= 4 is 34.4 Å². The molecule has 8 heteroatoms. The predicted molar refractivity (Wildman–Crippen MR) is 103 cm³/mol. The SMILES string of the molecule is CC(C)n1ncc2cc(NC(=O)[C@@H](C)N3C(=O)[C@H]4CC=CC[C@@H]4C3=O)cnc21. The number of fused-ring (bicyclic) bond motifs is 2. The Labute approximate surface area is 162 Å². The van der Waals surface area contributed by atoms with E-state index in [4.69, 9.17) is 0 Å². The Morgan fingerprint density at radius 1 is 1.11 bits per heavy atom. The summed E-state index contributed by atoms with van der Waals surface area (Å²) in [7, 11) is 0. The monoisotopic (exact) mass is 381 g/mol. The highest BCUT2D eigenvalue weighted by atomic mass is 16.2. The van der Waals surface area contributed by atoms with Crippen molar-refractivity contribution in [1.29, 1.82) is 0 Å². The van der Waals surface area contributed by atoms with E-state index in [0.717, 1.165) is 15.9 Å². The number of aromatic nitrogens is 3. The maximum absolute atomic E-state index is 12.7.